The van der Waals surface area contributed by atoms with Crippen LogP contribution in [0.15, 0.2) is 0 Å². The van der Waals surface area contributed by atoms with Gasteiger partial charge < -0.3 is 4.74 Å². The third-order valence-electron chi connectivity index (χ3n) is 1.78. The second-order valence-electron chi connectivity index (χ2n) is 4.24. The van der Waals surface area contributed by atoms with Gasteiger partial charge in [0.25, 0.3) is 0 Å². The fraction of sp³-hybridized carbons (Fsp3) is 1.00. The smallest absolute Gasteiger partial charge is 0.0940 e. The zero-order valence-corrected chi connectivity index (χ0v) is 10.4. The van der Waals surface area contributed by atoms with Gasteiger partial charge in [-0.1, -0.05) is 15.9 Å². The Morgan fingerprint density at radius 3 is 2.58 bits per heavy atom. The lowest BCUT2D eigenvalue weighted by atomic mass is 10.2. The van der Waals surface area contributed by atoms with Crippen molar-refractivity contribution in [3.05, 3.63) is 0 Å². The van der Waals surface area contributed by atoms with E-state index in [9.17, 15) is 0 Å². The van der Waals surface area contributed by atoms with Crippen LogP contribution in [0.1, 0.15) is 33.6 Å². The minimum atomic E-state index is -0.0100. The van der Waals surface area contributed by atoms with Crippen molar-refractivity contribution in [2.75, 3.05) is 12.4 Å². The van der Waals surface area contributed by atoms with Crippen LogP contribution >= 0.6 is 27.7 Å². The molecule has 1 nitrogen and oxygen atoms in total. The van der Waals surface area contributed by atoms with Crippen LogP contribution in [0.4, 0.5) is 0 Å². The average molecular weight is 253 g/mol. The summed E-state index contributed by atoms with van der Waals surface area (Å²) in [6.07, 6.45) is 2.54. The highest BCUT2D eigenvalue weighted by Gasteiger charge is 2.33. The molecular formula is C9H17BrOS. The van der Waals surface area contributed by atoms with Crippen molar-refractivity contribution in [1.82, 2.24) is 0 Å². The van der Waals surface area contributed by atoms with Gasteiger partial charge in [-0.25, -0.2) is 0 Å². The number of hydrogen-bond donors (Lipinski definition) is 0. The summed E-state index contributed by atoms with van der Waals surface area (Å²) in [4.78, 5) is 0. The molecule has 1 fully saturated rings. The molecule has 0 bridgehead atoms. The molecule has 0 amide bonds. The van der Waals surface area contributed by atoms with Crippen molar-refractivity contribution in [1.29, 1.82) is 0 Å². The molecule has 0 aromatic heterocycles. The van der Waals surface area contributed by atoms with Gasteiger partial charge in [0.15, 0.2) is 0 Å². The Bertz CT molecular complexity index is 147. The Hall–Kier alpha value is 0.790. The molecule has 1 aliphatic heterocycles. The van der Waals surface area contributed by atoms with Gasteiger partial charge in [0, 0.05) is 0 Å². The number of ether oxygens (including phenoxy) is 1. The number of alkyl halides is 1. The lowest BCUT2D eigenvalue weighted by Gasteiger charge is -2.27. The van der Waals surface area contributed by atoms with Crippen molar-refractivity contribution in [3.8, 4) is 0 Å². The summed E-state index contributed by atoms with van der Waals surface area (Å²) in [5.74, 6) is 1.26. The van der Waals surface area contributed by atoms with Gasteiger partial charge in [-0.3, -0.25) is 0 Å². The first kappa shape index (κ1) is 10.9. The van der Waals surface area contributed by atoms with Gasteiger partial charge in [-0.2, -0.15) is 0 Å². The summed E-state index contributed by atoms with van der Waals surface area (Å²) in [6.45, 7) is 7.12. The second kappa shape index (κ2) is 3.89. The van der Waals surface area contributed by atoms with Crippen molar-refractivity contribution in [2.45, 2.75) is 42.9 Å². The summed E-state index contributed by atoms with van der Waals surface area (Å²) >= 11 is 5.71. The summed E-state index contributed by atoms with van der Waals surface area (Å²) < 4.78 is 5.96. The van der Waals surface area contributed by atoms with Crippen LogP contribution in [0, 0.1) is 0 Å². The van der Waals surface area contributed by atoms with Crippen LogP contribution in [-0.4, -0.2) is 21.6 Å². The number of rotatable bonds is 2. The van der Waals surface area contributed by atoms with E-state index >= 15 is 0 Å². The molecule has 1 unspecified atom stereocenters. The molecule has 0 aliphatic carbocycles. The van der Waals surface area contributed by atoms with Gasteiger partial charge in [-0.15, -0.1) is 11.8 Å². The van der Waals surface area contributed by atoms with Gasteiger partial charge >= 0.3 is 0 Å². The minimum absolute atomic E-state index is 0.0100. The Morgan fingerprint density at radius 1 is 1.50 bits per heavy atom. The van der Waals surface area contributed by atoms with E-state index in [0.29, 0.717) is 0 Å². The Balaban J connectivity index is 2.30. The van der Waals surface area contributed by atoms with E-state index in [1.54, 1.807) is 0 Å². The quantitative estimate of drug-likeness (QED) is 0.697. The first-order chi connectivity index (χ1) is 5.41. The van der Waals surface area contributed by atoms with E-state index in [2.05, 4.69) is 36.7 Å². The maximum atomic E-state index is 5.75. The van der Waals surface area contributed by atoms with Crippen molar-refractivity contribution in [3.63, 3.8) is 0 Å². The molecule has 0 saturated carbocycles. The van der Waals surface area contributed by atoms with E-state index in [-0.39, 0.29) is 9.26 Å². The summed E-state index contributed by atoms with van der Waals surface area (Å²) in [6, 6.07) is 0. The van der Waals surface area contributed by atoms with Crippen LogP contribution < -0.4 is 0 Å². The van der Waals surface area contributed by atoms with Gasteiger partial charge in [0.1, 0.15) is 0 Å². The molecule has 1 atom stereocenters. The zero-order valence-electron chi connectivity index (χ0n) is 8.02. The SMILES string of the molecule is CC(C)(C)OCC1(Br)CCCS1. The summed E-state index contributed by atoms with van der Waals surface area (Å²) in [7, 11) is 0. The number of hydrogen-bond acceptors (Lipinski definition) is 2. The fourth-order valence-corrected chi connectivity index (χ4v) is 3.07. The van der Waals surface area contributed by atoms with E-state index in [4.69, 9.17) is 4.74 Å². The summed E-state index contributed by atoms with van der Waals surface area (Å²) in [5, 5.41) is 0. The Labute approximate surface area is 87.8 Å². The minimum Gasteiger partial charge on any atom is -0.374 e. The molecule has 0 radical (unpaired) electrons. The normalized spacial score (nSPS) is 31.0. The molecule has 0 N–H and O–H groups in total. The van der Waals surface area contributed by atoms with Crippen LogP contribution in [0.5, 0.6) is 0 Å². The fourth-order valence-electron chi connectivity index (χ4n) is 1.10. The van der Waals surface area contributed by atoms with Crippen molar-refractivity contribution >= 4 is 27.7 Å². The standard InChI is InChI=1S/C9H17BrOS/c1-8(2,3)11-7-9(10)5-4-6-12-9/h4-7H2,1-3H3. The molecule has 1 rings (SSSR count). The molecule has 1 saturated heterocycles. The third-order valence-corrected chi connectivity index (χ3v) is 4.42. The molecule has 0 spiro atoms. The van der Waals surface area contributed by atoms with E-state index in [1.165, 1.54) is 18.6 Å². The predicted octanol–water partition coefficient (Wildman–Crippen LogP) is 3.42. The maximum absolute atomic E-state index is 5.75. The summed E-state index contributed by atoms with van der Waals surface area (Å²) in [5.41, 5.74) is -0.0100. The highest BCUT2D eigenvalue weighted by molar-refractivity contribution is 9.12. The third kappa shape index (κ3) is 3.67. The first-order valence-corrected chi connectivity index (χ1v) is 6.16. The first-order valence-electron chi connectivity index (χ1n) is 4.38. The number of halogens is 1. The van der Waals surface area contributed by atoms with Crippen molar-refractivity contribution in [2.24, 2.45) is 0 Å². The topological polar surface area (TPSA) is 9.23 Å². The highest BCUT2D eigenvalue weighted by atomic mass is 79.9. The van der Waals surface area contributed by atoms with Crippen LogP contribution in [0.3, 0.4) is 0 Å². The van der Waals surface area contributed by atoms with E-state index in [1.807, 2.05) is 11.8 Å². The number of thioether (sulfide) groups is 1. The monoisotopic (exact) mass is 252 g/mol. The van der Waals surface area contributed by atoms with Gasteiger partial charge in [0.2, 0.25) is 0 Å². The second-order valence-corrected chi connectivity index (χ2v) is 7.76. The van der Waals surface area contributed by atoms with Gasteiger partial charge in [0.05, 0.1) is 15.9 Å². The molecule has 1 heterocycles. The Morgan fingerprint density at radius 2 is 2.17 bits per heavy atom. The largest absolute Gasteiger partial charge is 0.374 e. The van der Waals surface area contributed by atoms with E-state index in [0.717, 1.165) is 6.61 Å². The lowest BCUT2D eigenvalue weighted by molar-refractivity contribution is -0.00462. The molecule has 3 heteroatoms. The molecule has 0 aromatic rings. The Kier molecular flexibility index (Phi) is 3.52. The molecule has 72 valence electrons. The molecule has 12 heavy (non-hydrogen) atoms. The van der Waals surface area contributed by atoms with Crippen LogP contribution in [0.25, 0.3) is 0 Å². The predicted molar refractivity (Wildman–Crippen MR) is 59.1 cm³/mol. The average Bonchev–Trinajstić information content (AvgIpc) is 2.32. The maximum Gasteiger partial charge on any atom is 0.0940 e. The van der Waals surface area contributed by atoms with Crippen molar-refractivity contribution < 1.29 is 4.74 Å². The molecule has 1 aliphatic rings. The van der Waals surface area contributed by atoms with Gasteiger partial charge in [-0.05, 0) is 39.4 Å². The zero-order chi connectivity index (χ0) is 9.24. The van der Waals surface area contributed by atoms with Crippen LogP contribution in [-0.2, 0) is 4.74 Å². The lowest BCUT2D eigenvalue weighted by Crippen LogP contribution is -2.28. The van der Waals surface area contributed by atoms with Crippen LogP contribution in [0.2, 0.25) is 0 Å². The molecular weight excluding hydrogens is 236 g/mol. The van der Waals surface area contributed by atoms with E-state index < -0.39 is 0 Å². The highest BCUT2D eigenvalue weighted by Crippen LogP contribution is 2.44. The molecule has 0 aromatic carbocycles.